The van der Waals surface area contributed by atoms with E-state index in [1.54, 1.807) is 0 Å². The summed E-state index contributed by atoms with van der Waals surface area (Å²) in [5, 5.41) is 13.3. The number of aliphatic hydroxyl groups excluding tert-OH is 1. The summed E-state index contributed by atoms with van der Waals surface area (Å²) < 4.78 is 5.85. The van der Waals surface area contributed by atoms with E-state index in [2.05, 4.69) is 24.4 Å². The highest BCUT2D eigenvalue weighted by Gasteiger charge is 2.11. The Labute approximate surface area is 145 Å². The molecule has 3 heteroatoms. The van der Waals surface area contributed by atoms with E-state index in [0.29, 0.717) is 6.04 Å². The average molecular weight is 327 g/mol. The van der Waals surface area contributed by atoms with Crippen LogP contribution in [0, 0.1) is 0 Å². The van der Waals surface area contributed by atoms with Gasteiger partial charge in [0.15, 0.2) is 0 Å². The van der Waals surface area contributed by atoms with E-state index >= 15 is 0 Å². The Morgan fingerprint density at radius 3 is 2.21 bits per heavy atom. The Hall–Kier alpha value is -1.84. The number of hydrogen-bond acceptors (Lipinski definition) is 3. The fourth-order valence-electron chi connectivity index (χ4n) is 2.70. The lowest BCUT2D eigenvalue weighted by Gasteiger charge is -2.20. The largest absolute Gasteiger partial charge is 0.457 e. The minimum atomic E-state index is -0.207. The first-order chi connectivity index (χ1) is 11.7. The van der Waals surface area contributed by atoms with Crippen molar-refractivity contribution in [1.29, 1.82) is 0 Å². The standard InChI is InChI=1S/C21H29NO2/c1-3-8-21(22-16-15-18(23)4-2)17-11-13-20(14-12-17)24-19-9-6-5-7-10-19/h5-7,9-14,18,21-23H,3-4,8,15-16H2,1-2H3. The van der Waals surface area contributed by atoms with Gasteiger partial charge in [-0.05, 0) is 55.6 Å². The van der Waals surface area contributed by atoms with Crippen molar-refractivity contribution in [3.05, 3.63) is 60.2 Å². The van der Waals surface area contributed by atoms with Crippen molar-refractivity contribution < 1.29 is 9.84 Å². The van der Waals surface area contributed by atoms with Crippen molar-refractivity contribution in [1.82, 2.24) is 5.32 Å². The Balaban J connectivity index is 1.94. The predicted octanol–water partition coefficient (Wildman–Crippen LogP) is 5.07. The molecule has 0 fully saturated rings. The van der Waals surface area contributed by atoms with E-state index in [1.165, 1.54) is 5.56 Å². The Bertz CT molecular complexity index is 568. The first-order valence-electron chi connectivity index (χ1n) is 8.97. The van der Waals surface area contributed by atoms with E-state index < -0.39 is 0 Å². The zero-order valence-corrected chi connectivity index (χ0v) is 14.7. The molecule has 0 heterocycles. The van der Waals surface area contributed by atoms with Gasteiger partial charge >= 0.3 is 0 Å². The van der Waals surface area contributed by atoms with Gasteiger partial charge in [0.1, 0.15) is 11.5 Å². The molecule has 2 N–H and O–H groups in total. The maximum Gasteiger partial charge on any atom is 0.127 e. The molecular formula is C21H29NO2. The number of nitrogens with one attached hydrogen (secondary N) is 1. The third kappa shape index (κ3) is 5.99. The van der Waals surface area contributed by atoms with Gasteiger partial charge in [-0.1, -0.05) is 50.6 Å². The minimum Gasteiger partial charge on any atom is -0.457 e. The third-order valence-electron chi connectivity index (χ3n) is 4.18. The topological polar surface area (TPSA) is 41.5 Å². The monoisotopic (exact) mass is 327 g/mol. The van der Waals surface area contributed by atoms with E-state index in [9.17, 15) is 5.11 Å². The number of aliphatic hydroxyl groups is 1. The first kappa shape index (κ1) is 18.5. The molecule has 0 aliphatic carbocycles. The summed E-state index contributed by atoms with van der Waals surface area (Å²) in [5.74, 6) is 1.70. The molecule has 0 saturated carbocycles. The van der Waals surface area contributed by atoms with Crippen LogP contribution in [0.3, 0.4) is 0 Å². The number of para-hydroxylation sites is 1. The van der Waals surface area contributed by atoms with Gasteiger partial charge in [-0.2, -0.15) is 0 Å². The number of benzene rings is 2. The quantitative estimate of drug-likeness (QED) is 0.640. The SMILES string of the molecule is CCCC(NCCC(O)CC)c1ccc(Oc2ccccc2)cc1. The molecule has 0 aliphatic rings. The highest BCUT2D eigenvalue weighted by atomic mass is 16.5. The van der Waals surface area contributed by atoms with E-state index in [-0.39, 0.29) is 6.10 Å². The van der Waals surface area contributed by atoms with Crippen LogP contribution in [0.1, 0.15) is 51.1 Å². The lowest BCUT2D eigenvalue weighted by molar-refractivity contribution is 0.158. The minimum absolute atomic E-state index is 0.207. The van der Waals surface area contributed by atoms with Gasteiger partial charge in [0.25, 0.3) is 0 Å². The summed E-state index contributed by atoms with van der Waals surface area (Å²) in [6, 6.07) is 18.4. The average Bonchev–Trinajstić information content (AvgIpc) is 2.62. The second-order valence-electron chi connectivity index (χ2n) is 6.13. The van der Waals surface area contributed by atoms with Crippen molar-refractivity contribution in [2.45, 2.75) is 51.7 Å². The molecule has 0 bridgehead atoms. The lowest BCUT2D eigenvalue weighted by Crippen LogP contribution is -2.25. The molecule has 0 aliphatic heterocycles. The van der Waals surface area contributed by atoms with Gasteiger partial charge in [-0.15, -0.1) is 0 Å². The summed E-state index contributed by atoms with van der Waals surface area (Å²) in [7, 11) is 0. The molecule has 130 valence electrons. The summed E-state index contributed by atoms with van der Waals surface area (Å²) in [6.07, 6.45) is 3.61. The maximum absolute atomic E-state index is 9.69. The van der Waals surface area contributed by atoms with Crippen LogP contribution in [0.5, 0.6) is 11.5 Å². The summed E-state index contributed by atoms with van der Waals surface area (Å²) in [4.78, 5) is 0. The maximum atomic E-state index is 9.69. The predicted molar refractivity (Wildman–Crippen MR) is 99.5 cm³/mol. The van der Waals surface area contributed by atoms with Crippen molar-refractivity contribution in [2.75, 3.05) is 6.54 Å². The second-order valence-corrected chi connectivity index (χ2v) is 6.13. The van der Waals surface area contributed by atoms with Crippen LogP contribution in [-0.4, -0.2) is 17.8 Å². The van der Waals surface area contributed by atoms with Crippen LogP contribution in [0.2, 0.25) is 0 Å². The third-order valence-corrected chi connectivity index (χ3v) is 4.18. The van der Waals surface area contributed by atoms with Gasteiger partial charge in [-0.3, -0.25) is 0 Å². The van der Waals surface area contributed by atoms with Crippen molar-refractivity contribution in [2.24, 2.45) is 0 Å². The number of rotatable bonds is 10. The zero-order valence-electron chi connectivity index (χ0n) is 14.7. The Kier molecular flexibility index (Phi) is 7.80. The summed E-state index contributed by atoms with van der Waals surface area (Å²) in [5.41, 5.74) is 1.27. The Morgan fingerprint density at radius 2 is 1.58 bits per heavy atom. The zero-order chi connectivity index (χ0) is 17.2. The van der Waals surface area contributed by atoms with Crippen LogP contribution in [-0.2, 0) is 0 Å². The Morgan fingerprint density at radius 1 is 0.917 bits per heavy atom. The fraction of sp³-hybridized carbons (Fsp3) is 0.429. The van der Waals surface area contributed by atoms with Crippen LogP contribution in [0.15, 0.2) is 54.6 Å². The molecule has 0 amide bonds. The lowest BCUT2D eigenvalue weighted by atomic mass is 10.0. The van der Waals surface area contributed by atoms with Crippen LogP contribution >= 0.6 is 0 Å². The highest BCUT2D eigenvalue weighted by molar-refractivity contribution is 5.33. The second kappa shape index (κ2) is 10.1. The van der Waals surface area contributed by atoms with Gasteiger partial charge in [-0.25, -0.2) is 0 Å². The molecule has 0 saturated heterocycles. The molecule has 2 aromatic rings. The van der Waals surface area contributed by atoms with E-state index in [0.717, 1.165) is 43.7 Å². The van der Waals surface area contributed by atoms with E-state index in [1.807, 2.05) is 49.4 Å². The normalized spacial score (nSPS) is 13.5. The molecule has 2 aromatic carbocycles. The molecular weight excluding hydrogens is 298 g/mol. The molecule has 0 aromatic heterocycles. The molecule has 24 heavy (non-hydrogen) atoms. The fourth-order valence-corrected chi connectivity index (χ4v) is 2.70. The molecule has 2 atom stereocenters. The van der Waals surface area contributed by atoms with Crippen LogP contribution in [0.25, 0.3) is 0 Å². The number of hydrogen-bond donors (Lipinski definition) is 2. The molecule has 3 nitrogen and oxygen atoms in total. The van der Waals surface area contributed by atoms with Gasteiger partial charge < -0.3 is 15.2 Å². The summed E-state index contributed by atoms with van der Waals surface area (Å²) >= 11 is 0. The highest BCUT2D eigenvalue weighted by Crippen LogP contribution is 2.25. The van der Waals surface area contributed by atoms with Gasteiger partial charge in [0.05, 0.1) is 6.10 Å². The molecule has 2 rings (SSSR count). The van der Waals surface area contributed by atoms with Gasteiger partial charge in [0, 0.05) is 6.04 Å². The molecule has 2 unspecified atom stereocenters. The first-order valence-corrected chi connectivity index (χ1v) is 8.97. The van der Waals surface area contributed by atoms with Crippen molar-refractivity contribution in [3.63, 3.8) is 0 Å². The summed E-state index contributed by atoms with van der Waals surface area (Å²) in [6.45, 7) is 5.05. The number of ether oxygens (including phenoxy) is 1. The molecule has 0 spiro atoms. The van der Waals surface area contributed by atoms with Crippen molar-refractivity contribution >= 4 is 0 Å². The smallest absolute Gasteiger partial charge is 0.127 e. The van der Waals surface area contributed by atoms with E-state index in [4.69, 9.17) is 4.74 Å². The van der Waals surface area contributed by atoms with Crippen molar-refractivity contribution in [3.8, 4) is 11.5 Å². The van der Waals surface area contributed by atoms with Crippen LogP contribution < -0.4 is 10.1 Å². The molecule has 0 radical (unpaired) electrons. The van der Waals surface area contributed by atoms with Gasteiger partial charge in [0.2, 0.25) is 0 Å². The van der Waals surface area contributed by atoms with Crippen LogP contribution in [0.4, 0.5) is 0 Å².